The summed E-state index contributed by atoms with van der Waals surface area (Å²) in [5.41, 5.74) is 2.14. The molecule has 140 valence electrons. The van der Waals surface area contributed by atoms with Gasteiger partial charge in [0, 0.05) is 26.3 Å². The first-order valence-corrected chi connectivity index (χ1v) is 8.41. The summed E-state index contributed by atoms with van der Waals surface area (Å²) in [6.07, 6.45) is 2.53. The number of aliphatic imine (C=N–C) groups is 1. The van der Waals surface area contributed by atoms with Crippen LogP contribution in [0.15, 0.2) is 53.7 Å². The van der Waals surface area contributed by atoms with Crippen molar-refractivity contribution >= 4 is 47.4 Å². The van der Waals surface area contributed by atoms with Crippen LogP contribution < -0.4 is 16.0 Å². The Kier molecular flexibility index (Phi) is 10.6. The van der Waals surface area contributed by atoms with E-state index in [1.807, 2.05) is 36.4 Å². The molecule has 1 heterocycles. The van der Waals surface area contributed by atoms with E-state index >= 15 is 0 Å². The molecule has 26 heavy (non-hydrogen) atoms. The summed E-state index contributed by atoms with van der Waals surface area (Å²) in [5, 5.41) is 9.49. The summed E-state index contributed by atoms with van der Waals surface area (Å²) in [6.45, 7) is 1.35. The van der Waals surface area contributed by atoms with Crippen molar-refractivity contribution in [1.82, 2.24) is 20.9 Å². The van der Waals surface area contributed by atoms with Gasteiger partial charge in [0.05, 0.1) is 6.54 Å². The molecule has 1 aromatic heterocycles. The van der Waals surface area contributed by atoms with Crippen molar-refractivity contribution < 1.29 is 4.79 Å². The van der Waals surface area contributed by atoms with Crippen molar-refractivity contribution in [2.75, 3.05) is 20.1 Å². The summed E-state index contributed by atoms with van der Waals surface area (Å²) in [7, 11) is 1.67. The lowest BCUT2D eigenvalue weighted by Gasteiger charge is -2.12. The minimum absolute atomic E-state index is 0. The summed E-state index contributed by atoms with van der Waals surface area (Å²) in [5.74, 6) is 0.491. The van der Waals surface area contributed by atoms with Crippen LogP contribution in [0.2, 0.25) is 5.15 Å². The van der Waals surface area contributed by atoms with E-state index in [0.29, 0.717) is 24.2 Å². The van der Waals surface area contributed by atoms with Crippen molar-refractivity contribution in [3.63, 3.8) is 0 Å². The molecule has 0 saturated heterocycles. The van der Waals surface area contributed by atoms with Gasteiger partial charge in [0.25, 0.3) is 0 Å². The van der Waals surface area contributed by atoms with Crippen LogP contribution >= 0.6 is 35.6 Å². The fraction of sp³-hybridized carbons (Fsp3) is 0.278. The largest absolute Gasteiger partial charge is 0.356 e. The second kappa shape index (κ2) is 12.5. The van der Waals surface area contributed by atoms with E-state index in [9.17, 15) is 4.79 Å². The van der Waals surface area contributed by atoms with E-state index in [1.165, 1.54) is 0 Å². The Hall–Kier alpha value is -1.87. The molecule has 0 aliphatic carbocycles. The molecule has 0 aliphatic heterocycles. The highest BCUT2D eigenvalue weighted by atomic mass is 127. The van der Waals surface area contributed by atoms with Gasteiger partial charge in [-0.15, -0.1) is 24.0 Å². The number of carbonyl (C=O) groups is 1. The van der Waals surface area contributed by atoms with E-state index in [4.69, 9.17) is 11.6 Å². The third-order valence-electron chi connectivity index (χ3n) is 3.47. The van der Waals surface area contributed by atoms with Crippen LogP contribution in [-0.4, -0.2) is 37.0 Å². The molecule has 0 bridgehead atoms. The molecule has 3 N–H and O–H groups in total. The van der Waals surface area contributed by atoms with Crippen molar-refractivity contribution in [1.29, 1.82) is 0 Å². The average Bonchev–Trinajstić information content (AvgIpc) is 2.65. The van der Waals surface area contributed by atoms with Crippen molar-refractivity contribution in [2.45, 2.75) is 13.0 Å². The average molecular weight is 488 g/mol. The molecule has 2 rings (SSSR count). The number of aromatic nitrogens is 1. The third kappa shape index (κ3) is 8.48. The smallest absolute Gasteiger partial charge is 0.239 e. The topological polar surface area (TPSA) is 78.4 Å². The van der Waals surface area contributed by atoms with Crippen LogP contribution in [0.25, 0.3) is 0 Å². The monoisotopic (exact) mass is 487 g/mol. The van der Waals surface area contributed by atoms with Crippen LogP contribution in [0.1, 0.15) is 11.1 Å². The van der Waals surface area contributed by atoms with Gasteiger partial charge in [-0.3, -0.25) is 9.79 Å². The maximum atomic E-state index is 11.9. The maximum absolute atomic E-state index is 11.9. The molecule has 0 spiro atoms. The Morgan fingerprint density at radius 3 is 2.50 bits per heavy atom. The number of nitrogens with zero attached hydrogens (tertiary/aromatic N) is 2. The zero-order valence-electron chi connectivity index (χ0n) is 14.5. The lowest BCUT2D eigenvalue weighted by Crippen LogP contribution is -2.43. The Balaban J connectivity index is 0.00000338. The normalized spacial score (nSPS) is 10.6. The fourth-order valence-corrected chi connectivity index (χ4v) is 2.23. The molecule has 0 atom stereocenters. The van der Waals surface area contributed by atoms with Gasteiger partial charge in [0.2, 0.25) is 5.91 Å². The van der Waals surface area contributed by atoms with Crippen molar-refractivity contribution in [3.8, 4) is 0 Å². The molecular formula is C18H23ClIN5O. The quantitative estimate of drug-likeness (QED) is 0.243. The number of guanidine groups is 1. The first-order valence-electron chi connectivity index (χ1n) is 8.03. The maximum Gasteiger partial charge on any atom is 0.239 e. The van der Waals surface area contributed by atoms with E-state index in [2.05, 4.69) is 25.9 Å². The summed E-state index contributed by atoms with van der Waals surface area (Å²) < 4.78 is 0. The second-order valence-corrected chi connectivity index (χ2v) is 5.74. The number of benzene rings is 1. The van der Waals surface area contributed by atoms with Gasteiger partial charge in [-0.05, 0) is 23.6 Å². The molecule has 1 amide bonds. The van der Waals surface area contributed by atoms with Crippen LogP contribution in [0, 0.1) is 0 Å². The molecule has 0 aliphatic rings. The summed E-state index contributed by atoms with van der Waals surface area (Å²) in [6, 6.07) is 13.5. The zero-order chi connectivity index (χ0) is 17.9. The molecule has 1 aromatic carbocycles. The first kappa shape index (κ1) is 22.2. The Morgan fingerprint density at radius 2 is 1.85 bits per heavy atom. The third-order valence-corrected chi connectivity index (χ3v) is 3.69. The molecule has 2 aromatic rings. The highest BCUT2D eigenvalue weighted by molar-refractivity contribution is 14.0. The molecule has 8 heteroatoms. The molecule has 0 fully saturated rings. The minimum atomic E-state index is -0.0892. The second-order valence-electron chi connectivity index (χ2n) is 5.35. The zero-order valence-corrected chi connectivity index (χ0v) is 17.6. The summed E-state index contributed by atoms with van der Waals surface area (Å²) in [4.78, 5) is 20.0. The van der Waals surface area contributed by atoms with E-state index in [-0.39, 0.29) is 36.4 Å². The highest BCUT2D eigenvalue weighted by Gasteiger charge is 2.03. The van der Waals surface area contributed by atoms with Crippen LogP contribution in [0.5, 0.6) is 0 Å². The van der Waals surface area contributed by atoms with Crippen LogP contribution in [0.3, 0.4) is 0 Å². The van der Waals surface area contributed by atoms with E-state index < -0.39 is 0 Å². The van der Waals surface area contributed by atoms with E-state index in [0.717, 1.165) is 17.5 Å². The predicted octanol–water partition coefficient (Wildman–Crippen LogP) is 2.38. The number of pyridine rings is 1. The van der Waals surface area contributed by atoms with Crippen LogP contribution in [0.4, 0.5) is 0 Å². The SMILES string of the molecule is CN=C(NCCc1ccc(Cl)nc1)NCC(=O)NCc1ccccc1.I. The molecule has 0 saturated carbocycles. The Morgan fingerprint density at radius 1 is 1.08 bits per heavy atom. The number of halogens is 2. The number of nitrogens with one attached hydrogen (secondary N) is 3. The minimum Gasteiger partial charge on any atom is -0.356 e. The summed E-state index contributed by atoms with van der Waals surface area (Å²) >= 11 is 5.76. The van der Waals surface area contributed by atoms with Crippen LogP contribution in [-0.2, 0) is 17.8 Å². The van der Waals surface area contributed by atoms with Gasteiger partial charge in [-0.1, -0.05) is 48.0 Å². The number of carbonyl (C=O) groups excluding carboxylic acids is 1. The van der Waals surface area contributed by atoms with Gasteiger partial charge < -0.3 is 16.0 Å². The Bertz CT molecular complexity index is 694. The highest BCUT2D eigenvalue weighted by Crippen LogP contribution is 2.05. The lowest BCUT2D eigenvalue weighted by atomic mass is 10.2. The van der Waals surface area contributed by atoms with Crippen molar-refractivity contribution in [3.05, 3.63) is 64.9 Å². The lowest BCUT2D eigenvalue weighted by molar-refractivity contribution is -0.120. The van der Waals surface area contributed by atoms with Crippen molar-refractivity contribution in [2.24, 2.45) is 4.99 Å². The van der Waals surface area contributed by atoms with Gasteiger partial charge >= 0.3 is 0 Å². The number of hydrogen-bond acceptors (Lipinski definition) is 3. The number of hydrogen-bond donors (Lipinski definition) is 3. The van der Waals surface area contributed by atoms with E-state index in [1.54, 1.807) is 19.3 Å². The molecule has 0 radical (unpaired) electrons. The van der Waals surface area contributed by atoms with Gasteiger partial charge in [-0.2, -0.15) is 0 Å². The molecular weight excluding hydrogens is 465 g/mol. The first-order chi connectivity index (χ1) is 12.2. The fourth-order valence-electron chi connectivity index (χ4n) is 2.12. The van der Waals surface area contributed by atoms with Gasteiger partial charge in [-0.25, -0.2) is 4.98 Å². The molecule has 0 unspecified atom stereocenters. The number of rotatable bonds is 7. The molecule has 6 nitrogen and oxygen atoms in total. The van der Waals surface area contributed by atoms with Gasteiger partial charge in [0.15, 0.2) is 5.96 Å². The Labute approximate surface area is 175 Å². The van der Waals surface area contributed by atoms with Gasteiger partial charge in [0.1, 0.15) is 5.15 Å². The standard InChI is InChI=1S/C18H22ClN5O.HI/c1-20-18(21-10-9-15-7-8-16(19)22-11-15)24-13-17(25)23-12-14-5-3-2-4-6-14;/h2-8,11H,9-10,12-13H2,1H3,(H,23,25)(H2,20,21,24);1H. The predicted molar refractivity (Wildman–Crippen MR) is 116 cm³/mol. The number of amides is 1.